The van der Waals surface area contributed by atoms with Crippen molar-refractivity contribution in [3.05, 3.63) is 0 Å². The number of aliphatic hydroxyl groups is 2. The van der Waals surface area contributed by atoms with Gasteiger partial charge in [0.1, 0.15) is 18.3 Å². The van der Waals surface area contributed by atoms with Crippen LogP contribution >= 0.6 is 0 Å². The molecule has 20 heavy (non-hydrogen) atoms. The van der Waals surface area contributed by atoms with Crippen LogP contribution < -0.4 is 0 Å². The number of hydrogen-bond acceptors (Lipinski definition) is 5. The summed E-state index contributed by atoms with van der Waals surface area (Å²) in [6.07, 6.45) is -1.87. The second-order valence-corrected chi connectivity index (χ2v) is 12.3. The number of aliphatic hydroxyl groups excluding tert-OH is 2. The van der Waals surface area contributed by atoms with E-state index in [1.807, 2.05) is 0 Å². The molecule has 6 heteroatoms. The molecule has 0 amide bonds. The summed E-state index contributed by atoms with van der Waals surface area (Å²) in [5.74, 6) is -0.782. The molecule has 120 valence electrons. The Kier molecular flexibility index (Phi) is 5.44. The van der Waals surface area contributed by atoms with Crippen LogP contribution in [0.2, 0.25) is 18.1 Å². The first-order valence-electron chi connectivity index (χ1n) is 7.18. The van der Waals surface area contributed by atoms with Gasteiger partial charge in [-0.15, -0.1) is 0 Å². The summed E-state index contributed by atoms with van der Waals surface area (Å²) in [5, 5.41) is 19.7. The lowest BCUT2D eigenvalue weighted by atomic mass is 10.1. The van der Waals surface area contributed by atoms with Crippen molar-refractivity contribution in [2.24, 2.45) is 0 Å². The van der Waals surface area contributed by atoms with E-state index >= 15 is 0 Å². The minimum absolute atomic E-state index is 0.0927. The first-order valence-corrected chi connectivity index (χ1v) is 10.1. The molecule has 0 aromatic heterocycles. The van der Waals surface area contributed by atoms with Crippen LogP contribution in [-0.2, 0) is 13.9 Å². The maximum absolute atomic E-state index is 10.3. The Balaban J connectivity index is 2.61. The fourth-order valence-electron chi connectivity index (χ4n) is 1.94. The van der Waals surface area contributed by atoms with Crippen LogP contribution in [0.4, 0.5) is 0 Å². The molecule has 1 rings (SSSR count). The molecule has 1 aliphatic rings. The van der Waals surface area contributed by atoms with Gasteiger partial charge >= 0.3 is 0 Å². The topological polar surface area (TPSA) is 68.2 Å². The van der Waals surface area contributed by atoms with Gasteiger partial charge in [0.2, 0.25) is 0 Å². The predicted molar refractivity (Wildman–Crippen MR) is 80.1 cm³/mol. The van der Waals surface area contributed by atoms with E-state index in [9.17, 15) is 10.2 Å². The zero-order chi connectivity index (χ0) is 15.8. The standard InChI is InChI=1S/C14H30O5Si/c1-13(2,3)20(6,7)17-9-10(16)12-11(8-15)18-14(4,5)19-12/h10-12,15-16H,8-9H2,1-7H3. The molecule has 3 unspecified atom stereocenters. The highest BCUT2D eigenvalue weighted by atomic mass is 28.4. The summed E-state index contributed by atoms with van der Waals surface area (Å²) in [6, 6.07) is 0. The lowest BCUT2D eigenvalue weighted by molar-refractivity contribution is -0.158. The van der Waals surface area contributed by atoms with E-state index in [1.54, 1.807) is 13.8 Å². The van der Waals surface area contributed by atoms with Crippen molar-refractivity contribution in [2.75, 3.05) is 13.2 Å². The van der Waals surface area contributed by atoms with E-state index in [-0.39, 0.29) is 18.3 Å². The van der Waals surface area contributed by atoms with Crippen molar-refractivity contribution in [3.63, 3.8) is 0 Å². The van der Waals surface area contributed by atoms with Crippen molar-refractivity contribution in [2.45, 2.75) is 76.8 Å². The van der Waals surface area contributed by atoms with Crippen molar-refractivity contribution in [3.8, 4) is 0 Å². The van der Waals surface area contributed by atoms with Crippen molar-refractivity contribution >= 4 is 8.32 Å². The number of rotatable bonds is 5. The molecule has 2 N–H and O–H groups in total. The van der Waals surface area contributed by atoms with E-state index in [0.717, 1.165) is 0 Å². The van der Waals surface area contributed by atoms with Gasteiger partial charge in [-0.25, -0.2) is 0 Å². The monoisotopic (exact) mass is 306 g/mol. The van der Waals surface area contributed by atoms with Crippen LogP contribution in [0.15, 0.2) is 0 Å². The molecule has 0 spiro atoms. The Bertz CT molecular complexity index is 324. The summed E-state index contributed by atoms with van der Waals surface area (Å²) in [7, 11) is -1.91. The second kappa shape index (κ2) is 6.02. The molecule has 0 aromatic carbocycles. The fourth-order valence-corrected chi connectivity index (χ4v) is 2.96. The molecule has 5 nitrogen and oxygen atoms in total. The molecule has 0 aromatic rings. The van der Waals surface area contributed by atoms with Crippen LogP contribution in [-0.4, -0.2) is 55.8 Å². The third-order valence-corrected chi connectivity index (χ3v) is 8.70. The van der Waals surface area contributed by atoms with E-state index in [2.05, 4.69) is 33.9 Å². The summed E-state index contributed by atoms with van der Waals surface area (Å²) >= 11 is 0. The lowest BCUT2D eigenvalue weighted by Gasteiger charge is -2.37. The maximum Gasteiger partial charge on any atom is 0.192 e. The minimum Gasteiger partial charge on any atom is -0.414 e. The highest BCUT2D eigenvalue weighted by Crippen LogP contribution is 2.37. The third-order valence-electron chi connectivity index (χ3n) is 4.20. The van der Waals surface area contributed by atoms with E-state index in [0.29, 0.717) is 0 Å². The average molecular weight is 306 g/mol. The van der Waals surface area contributed by atoms with Crippen LogP contribution in [0.3, 0.4) is 0 Å². The van der Waals surface area contributed by atoms with Crippen LogP contribution in [0.25, 0.3) is 0 Å². The Labute approximate surface area is 123 Å². The molecule has 1 aliphatic heterocycles. The van der Waals surface area contributed by atoms with E-state index in [4.69, 9.17) is 13.9 Å². The SMILES string of the molecule is CC1(C)OC(CO)C(C(O)CO[Si](C)(C)C(C)(C)C)O1. The van der Waals surface area contributed by atoms with Gasteiger partial charge in [0.05, 0.1) is 13.2 Å². The van der Waals surface area contributed by atoms with Gasteiger partial charge in [-0.2, -0.15) is 0 Å². The molecular formula is C14H30O5Si. The highest BCUT2D eigenvalue weighted by molar-refractivity contribution is 6.74. The largest absolute Gasteiger partial charge is 0.414 e. The summed E-state index contributed by atoms with van der Waals surface area (Å²) in [4.78, 5) is 0. The Morgan fingerprint density at radius 2 is 1.80 bits per heavy atom. The molecule has 1 saturated heterocycles. The van der Waals surface area contributed by atoms with Gasteiger partial charge in [0.15, 0.2) is 14.1 Å². The Morgan fingerprint density at radius 1 is 1.25 bits per heavy atom. The van der Waals surface area contributed by atoms with E-state index in [1.165, 1.54) is 0 Å². The van der Waals surface area contributed by atoms with Crippen molar-refractivity contribution < 1.29 is 24.1 Å². The smallest absolute Gasteiger partial charge is 0.192 e. The lowest BCUT2D eigenvalue weighted by Crippen LogP contribution is -2.46. The van der Waals surface area contributed by atoms with Gasteiger partial charge in [-0.1, -0.05) is 20.8 Å². The molecular weight excluding hydrogens is 276 g/mol. The molecule has 0 saturated carbocycles. The van der Waals surface area contributed by atoms with Crippen LogP contribution in [0, 0.1) is 0 Å². The minimum atomic E-state index is -1.91. The highest BCUT2D eigenvalue weighted by Gasteiger charge is 2.45. The quantitative estimate of drug-likeness (QED) is 0.759. The first kappa shape index (κ1) is 18.1. The molecule has 0 aliphatic carbocycles. The van der Waals surface area contributed by atoms with Gasteiger partial charge in [-0.3, -0.25) is 0 Å². The van der Waals surface area contributed by atoms with Crippen LogP contribution in [0.5, 0.6) is 0 Å². The summed E-state index contributed by atoms with van der Waals surface area (Å²) in [6.45, 7) is 14.3. The molecule has 1 heterocycles. The molecule has 3 atom stereocenters. The van der Waals surface area contributed by atoms with Gasteiger partial charge in [-0.05, 0) is 32.0 Å². The summed E-state index contributed by atoms with van der Waals surface area (Å²) in [5.41, 5.74) is 0. The predicted octanol–water partition coefficient (Wildman–Crippen LogP) is 1.88. The Morgan fingerprint density at radius 3 is 2.25 bits per heavy atom. The normalized spacial score (nSPS) is 28.6. The fraction of sp³-hybridized carbons (Fsp3) is 1.00. The summed E-state index contributed by atoms with van der Waals surface area (Å²) < 4.78 is 17.2. The van der Waals surface area contributed by atoms with Gasteiger partial charge < -0.3 is 24.1 Å². The van der Waals surface area contributed by atoms with Gasteiger partial charge in [0.25, 0.3) is 0 Å². The van der Waals surface area contributed by atoms with E-state index < -0.39 is 32.4 Å². The number of ether oxygens (including phenoxy) is 2. The molecule has 1 fully saturated rings. The average Bonchev–Trinajstić information content (AvgIpc) is 2.60. The van der Waals surface area contributed by atoms with Crippen LogP contribution in [0.1, 0.15) is 34.6 Å². The van der Waals surface area contributed by atoms with Crippen molar-refractivity contribution in [1.82, 2.24) is 0 Å². The first-order chi connectivity index (χ1) is 8.89. The van der Waals surface area contributed by atoms with Gasteiger partial charge in [0, 0.05) is 0 Å². The number of hydrogen-bond donors (Lipinski definition) is 2. The maximum atomic E-state index is 10.3. The zero-order valence-electron chi connectivity index (χ0n) is 13.8. The Hall–Kier alpha value is 0.0169. The zero-order valence-corrected chi connectivity index (χ0v) is 14.8. The van der Waals surface area contributed by atoms with Crippen molar-refractivity contribution in [1.29, 1.82) is 0 Å². The molecule has 0 bridgehead atoms. The second-order valence-electron chi connectivity index (χ2n) is 7.46. The molecule has 0 radical (unpaired) electrons. The third kappa shape index (κ3) is 4.25.